The third-order valence-electron chi connectivity index (χ3n) is 2.37. The van der Waals surface area contributed by atoms with Gasteiger partial charge in [0.15, 0.2) is 0 Å². The van der Waals surface area contributed by atoms with E-state index in [1.54, 1.807) is 0 Å². The number of carbonyl (C=O) groups is 1. The maximum atomic E-state index is 10.9. The Balaban J connectivity index is 2.53. The molecule has 0 saturated heterocycles. The Hall–Kier alpha value is -0.100. The van der Waals surface area contributed by atoms with Crippen molar-refractivity contribution < 1.29 is 9.90 Å². The summed E-state index contributed by atoms with van der Waals surface area (Å²) in [4.78, 5) is 11.5. The highest BCUT2D eigenvalue weighted by Gasteiger charge is 2.22. The third kappa shape index (κ3) is 1.61. The molecular weight excluding hydrogens is 299 g/mol. The first-order chi connectivity index (χ1) is 6.20. The number of hydrogen-bond acceptors (Lipinski definition) is 2. The molecule has 0 spiro atoms. The standard InChI is InChI=1S/C9H9IO2S/c10-8-6-4-2-1-3-5(6)7(13-8)9(11)12/h1-4H2,(H,11,12). The predicted molar refractivity (Wildman–Crippen MR) is 60.6 cm³/mol. The summed E-state index contributed by atoms with van der Waals surface area (Å²) in [6.45, 7) is 0. The molecule has 0 aliphatic heterocycles. The van der Waals surface area contributed by atoms with Crippen molar-refractivity contribution in [2.24, 2.45) is 0 Å². The van der Waals surface area contributed by atoms with Crippen LogP contribution in [0.1, 0.15) is 33.6 Å². The molecule has 1 aromatic heterocycles. The lowest BCUT2D eigenvalue weighted by Crippen LogP contribution is -2.05. The Kier molecular flexibility index (Phi) is 2.60. The number of carboxylic acids is 1. The largest absolute Gasteiger partial charge is 0.477 e. The highest BCUT2D eigenvalue weighted by Crippen LogP contribution is 2.35. The maximum Gasteiger partial charge on any atom is 0.346 e. The van der Waals surface area contributed by atoms with E-state index >= 15 is 0 Å². The van der Waals surface area contributed by atoms with Crippen LogP contribution in [0.15, 0.2) is 0 Å². The summed E-state index contributed by atoms with van der Waals surface area (Å²) in [5, 5.41) is 8.96. The average molecular weight is 308 g/mol. The van der Waals surface area contributed by atoms with E-state index in [0.29, 0.717) is 4.88 Å². The molecule has 70 valence electrons. The van der Waals surface area contributed by atoms with Crippen molar-refractivity contribution >= 4 is 39.9 Å². The van der Waals surface area contributed by atoms with E-state index in [2.05, 4.69) is 22.6 Å². The van der Waals surface area contributed by atoms with E-state index in [-0.39, 0.29) is 0 Å². The van der Waals surface area contributed by atoms with Crippen molar-refractivity contribution in [3.05, 3.63) is 18.9 Å². The van der Waals surface area contributed by atoms with Gasteiger partial charge in [-0.2, -0.15) is 0 Å². The minimum Gasteiger partial charge on any atom is -0.477 e. The van der Waals surface area contributed by atoms with Crippen LogP contribution in [-0.2, 0) is 12.8 Å². The molecule has 0 radical (unpaired) electrons. The fourth-order valence-electron chi connectivity index (χ4n) is 1.76. The molecule has 1 N–H and O–H groups in total. The molecule has 1 aromatic rings. The SMILES string of the molecule is O=C(O)c1sc(I)c2c1CCCC2. The molecule has 0 saturated carbocycles. The molecule has 0 fully saturated rings. The predicted octanol–water partition coefficient (Wildman–Crippen LogP) is 2.93. The van der Waals surface area contributed by atoms with E-state index in [4.69, 9.17) is 5.11 Å². The van der Waals surface area contributed by atoms with Crippen molar-refractivity contribution in [1.29, 1.82) is 0 Å². The quantitative estimate of drug-likeness (QED) is 0.810. The van der Waals surface area contributed by atoms with Gasteiger partial charge < -0.3 is 5.11 Å². The van der Waals surface area contributed by atoms with Crippen LogP contribution in [0.4, 0.5) is 0 Å². The first-order valence-corrected chi connectivity index (χ1v) is 6.13. The minimum absolute atomic E-state index is 0.569. The molecule has 1 aliphatic rings. The highest BCUT2D eigenvalue weighted by molar-refractivity contribution is 14.1. The van der Waals surface area contributed by atoms with Crippen LogP contribution in [0.3, 0.4) is 0 Å². The zero-order valence-corrected chi connectivity index (χ0v) is 9.94. The third-order valence-corrected chi connectivity index (χ3v) is 4.73. The molecule has 0 amide bonds. The van der Waals surface area contributed by atoms with Gasteiger partial charge in [-0.3, -0.25) is 0 Å². The van der Waals surface area contributed by atoms with Crippen molar-refractivity contribution in [3.8, 4) is 0 Å². The molecule has 4 heteroatoms. The Morgan fingerprint density at radius 2 is 1.92 bits per heavy atom. The van der Waals surface area contributed by atoms with E-state index in [1.165, 1.54) is 26.2 Å². The van der Waals surface area contributed by atoms with Gasteiger partial charge in [-0.1, -0.05) is 0 Å². The molecule has 0 bridgehead atoms. The normalized spacial score (nSPS) is 15.5. The minimum atomic E-state index is -0.758. The van der Waals surface area contributed by atoms with Gasteiger partial charge in [0.25, 0.3) is 0 Å². The molecule has 13 heavy (non-hydrogen) atoms. The number of thiophene rings is 1. The summed E-state index contributed by atoms with van der Waals surface area (Å²) >= 11 is 3.68. The molecule has 2 nitrogen and oxygen atoms in total. The lowest BCUT2D eigenvalue weighted by Gasteiger charge is -2.11. The van der Waals surface area contributed by atoms with E-state index in [9.17, 15) is 4.79 Å². The fourth-order valence-corrected chi connectivity index (χ4v) is 3.98. The van der Waals surface area contributed by atoms with Crippen molar-refractivity contribution in [1.82, 2.24) is 0 Å². The molecular formula is C9H9IO2S. The topological polar surface area (TPSA) is 37.3 Å². The monoisotopic (exact) mass is 308 g/mol. The lowest BCUT2D eigenvalue weighted by atomic mass is 9.94. The van der Waals surface area contributed by atoms with Crippen LogP contribution >= 0.6 is 33.9 Å². The number of hydrogen-bond donors (Lipinski definition) is 1. The smallest absolute Gasteiger partial charge is 0.346 e. The second kappa shape index (κ2) is 3.57. The Morgan fingerprint density at radius 1 is 1.31 bits per heavy atom. The van der Waals surface area contributed by atoms with Crippen LogP contribution in [-0.4, -0.2) is 11.1 Å². The summed E-state index contributed by atoms with van der Waals surface area (Å²) in [5.74, 6) is -0.758. The van der Waals surface area contributed by atoms with E-state index in [1.807, 2.05) is 0 Å². The number of aromatic carboxylic acids is 1. The fraction of sp³-hybridized carbons (Fsp3) is 0.444. The second-order valence-corrected chi connectivity index (χ2v) is 6.01. The van der Waals surface area contributed by atoms with Crippen molar-refractivity contribution in [2.45, 2.75) is 25.7 Å². The Morgan fingerprint density at radius 3 is 2.54 bits per heavy atom. The zero-order valence-electron chi connectivity index (χ0n) is 6.97. The second-order valence-electron chi connectivity index (χ2n) is 3.17. The highest BCUT2D eigenvalue weighted by atomic mass is 127. The average Bonchev–Trinajstić information content (AvgIpc) is 2.45. The first-order valence-electron chi connectivity index (χ1n) is 4.23. The van der Waals surface area contributed by atoms with E-state index < -0.39 is 5.97 Å². The van der Waals surface area contributed by atoms with Gasteiger partial charge in [-0.05, 0) is 59.4 Å². The van der Waals surface area contributed by atoms with Crippen LogP contribution in [0.2, 0.25) is 0 Å². The summed E-state index contributed by atoms with van der Waals surface area (Å²) in [6, 6.07) is 0. The van der Waals surface area contributed by atoms with Gasteiger partial charge in [0.2, 0.25) is 0 Å². The molecule has 0 unspecified atom stereocenters. The van der Waals surface area contributed by atoms with Gasteiger partial charge in [0, 0.05) is 0 Å². The lowest BCUT2D eigenvalue weighted by molar-refractivity contribution is 0.0701. The first kappa shape index (κ1) is 9.45. The van der Waals surface area contributed by atoms with Gasteiger partial charge in [-0.15, -0.1) is 11.3 Å². The van der Waals surface area contributed by atoms with Crippen LogP contribution in [0, 0.1) is 2.88 Å². The molecule has 1 aliphatic carbocycles. The number of rotatable bonds is 1. The molecule has 2 rings (SSSR count). The Bertz CT molecular complexity index is 357. The number of halogens is 1. The van der Waals surface area contributed by atoms with Crippen LogP contribution in [0.25, 0.3) is 0 Å². The summed E-state index contributed by atoms with van der Waals surface area (Å²) < 4.78 is 1.17. The van der Waals surface area contributed by atoms with Crippen LogP contribution < -0.4 is 0 Å². The van der Waals surface area contributed by atoms with Gasteiger partial charge >= 0.3 is 5.97 Å². The van der Waals surface area contributed by atoms with Crippen LogP contribution in [0.5, 0.6) is 0 Å². The molecule has 1 heterocycles. The molecule has 0 atom stereocenters. The number of fused-ring (bicyclic) bond motifs is 1. The van der Waals surface area contributed by atoms with Gasteiger partial charge in [0.1, 0.15) is 4.88 Å². The Labute approximate surface area is 94.1 Å². The summed E-state index contributed by atoms with van der Waals surface area (Å²) in [6.07, 6.45) is 4.37. The zero-order chi connectivity index (χ0) is 9.42. The summed E-state index contributed by atoms with van der Waals surface area (Å²) in [7, 11) is 0. The summed E-state index contributed by atoms with van der Waals surface area (Å²) in [5.41, 5.74) is 2.41. The van der Waals surface area contributed by atoms with Gasteiger partial charge in [-0.25, -0.2) is 4.79 Å². The number of carboxylic acid groups (broad SMARTS) is 1. The van der Waals surface area contributed by atoms with Gasteiger partial charge in [0.05, 0.1) is 2.88 Å². The maximum absolute atomic E-state index is 10.9. The van der Waals surface area contributed by atoms with Crippen molar-refractivity contribution in [3.63, 3.8) is 0 Å². The van der Waals surface area contributed by atoms with E-state index in [0.717, 1.165) is 24.8 Å². The molecule has 0 aromatic carbocycles. The van der Waals surface area contributed by atoms with Crippen molar-refractivity contribution in [2.75, 3.05) is 0 Å².